The zero-order valence-electron chi connectivity index (χ0n) is 12.8. The van der Waals surface area contributed by atoms with Gasteiger partial charge >= 0.3 is 0 Å². The topological polar surface area (TPSA) is 81.4 Å². The maximum atomic E-state index is 14.7. The third-order valence-electron chi connectivity index (χ3n) is 3.52. The van der Waals surface area contributed by atoms with E-state index >= 15 is 0 Å². The molecule has 0 aliphatic carbocycles. The average Bonchev–Trinajstić information content (AvgIpc) is 2.44. The van der Waals surface area contributed by atoms with E-state index < -0.39 is 45.8 Å². The molecule has 5 nitrogen and oxygen atoms in total. The second-order valence-corrected chi connectivity index (χ2v) is 8.99. The zero-order valence-corrected chi connectivity index (χ0v) is 15.2. The summed E-state index contributed by atoms with van der Waals surface area (Å²) in [6, 6.07) is 2.64. The van der Waals surface area contributed by atoms with Crippen molar-refractivity contribution >= 4 is 32.8 Å². The number of alkyl halides is 1. The lowest BCUT2D eigenvalue weighted by molar-refractivity contribution is -0.128. The van der Waals surface area contributed by atoms with Gasteiger partial charge in [-0.25, -0.2) is 17.7 Å². The van der Waals surface area contributed by atoms with Crippen LogP contribution in [0.25, 0.3) is 0 Å². The van der Waals surface area contributed by atoms with Gasteiger partial charge in [-0.15, -0.1) is 0 Å². The van der Waals surface area contributed by atoms with Crippen LogP contribution >= 0.6 is 15.9 Å². The fraction of sp³-hybridized carbons (Fsp3) is 0.500. The molecule has 1 amide bonds. The Morgan fingerprint density at radius 1 is 1.52 bits per heavy atom. The average molecular weight is 411 g/mol. The van der Waals surface area contributed by atoms with Gasteiger partial charge in [0, 0.05) is 5.56 Å². The van der Waals surface area contributed by atoms with E-state index in [0.717, 1.165) is 0 Å². The highest BCUT2D eigenvalue weighted by atomic mass is 79.9. The molecule has 1 aromatic rings. The lowest BCUT2D eigenvalue weighted by Crippen LogP contribution is -2.63. The van der Waals surface area contributed by atoms with Crippen molar-refractivity contribution in [1.29, 1.82) is 0 Å². The van der Waals surface area contributed by atoms with Gasteiger partial charge in [0.2, 0.25) is 5.91 Å². The lowest BCUT2D eigenvalue weighted by Gasteiger charge is -2.40. The van der Waals surface area contributed by atoms with Crippen LogP contribution in [0.4, 0.5) is 8.78 Å². The maximum absolute atomic E-state index is 14.7. The van der Waals surface area contributed by atoms with Crippen molar-refractivity contribution in [3.8, 4) is 5.75 Å². The molecule has 0 unspecified atom stereocenters. The van der Waals surface area contributed by atoms with Gasteiger partial charge < -0.3 is 10.5 Å². The molecule has 0 saturated heterocycles. The fourth-order valence-electron chi connectivity index (χ4n) is 2.19. The van der Waals surface area contributed by atoms with Crippen LogP contribution in [0.1, 0.15) is 26.3 Å². The molecule has 1 aliphatic heterocycles. The lowest BCUT2D eigenvalue weighted by atomic mass is 9.83. The number of primary amides is 1. The number of carbonyl (C=O) groups excluding carboxylic acids is 1. The molecular weight excluding hydrogens is 394 g/mol. The number of hydrogen-bond donors (Lipinski definition) is 2. The van der Waals surface area contributed by atoms with E-state index in [-0.39, 0.29) is 15.8 Å². The minimum Gasteiger partial charge on any atom is -0.487 e. The summed E-state index contributed by atoms with van der Waals surface area (Å²) in [5, 5.41) is 0. The highest BCUT2D eigenvalue weighted by Gasteiger charge is 2.54. The quantitative estimate of drug-likeness (QED) is 0.799. The normalized spacial score (nSPS) is 25.4. The van der Waals surface area contributed by atoms with E-state index in [1.807, 2.05) is 0 Å². The number of benzene rings is 1. The third kappa shape index (κ3) is 3.01. The van der Waals surface area contributed by atoms with Crippen molar-refractivity contribution in [2.75, 3.05) is 6.61 Å². The van der Waals surface area contributed by atoms with Crippen molar-refractivity contribution in [2.45, 2.75) is 37.2 Å². The van der Waals surface area contributed by atoms with Crippen LogP contribution in [0.5, 0.6) is 5.75 Å². The number of fused-ring (bicyclic) bond motifs is 1. The van der Waals surface area contributed by atoms with Gasteiger partial charge in [0.1, 0.15) is 6.61 Å². The van der Waals surface area contributed by atoms with Crippen LogP contribution in [0.3, 0.4) is 0 Å². The number of halogens is 3. The van der Waals surface area contributed by atoms with Crippen molar-refractivity contribution in [2.24, 2.45) is 5.73 Å². The van der Waals surface area contributed by atoms with E-state index in [4.69, 9.17) is 10.5 Å². The number of carbonyl (C=O) groups is 1. The first-order chi connectivity index (χ1) is 10.5. The Labute approximate surface area is 143 Å². The summed E-state index contributed by atoms with van der Waals surface area (Å²) < 4.78 is 48.2. The van der Waals surface area contributed by atoms with Crippen LogP contribution in [0.2, 0.25) is 0 Å². The fourth-order valence-corrected chi connectivity index (χ4v) is 3.44. The molecule has 2 rings (SSSR count). The van der Waals surface area contributed by atoms with Gasteiger partial charge in [-0.1, -0.05) is 6.07 Å². The van der Waals surface area contributed by atoms with Crippen molar-refractivity contribution < 1.29 is 22.5 Å². The monoisotopic (exact) mass is 410 g/mol. The number of amides is 1. The number of ether oxygens (including phenoxy) is 1. The van der Waals surface area contributed by atoms with E-state index in [0.29, 0.717) is 0 Å². The molecule has 0 radical (unpaired) electrons. The minimum atomic E-state index is -2.13. The van der Waals surface area contributed by atoms with Crippen molar-refractivity contribution in [3.63, 3.8) is 0 Å². The van der Waals surface area contributed by atoms with E-state index in [1.54, 1.807) is 20.8 Å². The highest BCUT2D eigenvalue weighted by Crippen LogP contribution is 2.42. The minimum absolute atomic E-state index is 0.101. The first-order valence-corrected chi connectivity index (χ1v) is 8.71. The molecule has 3 atom stereocenters. The largest absolute Gasteiger partial charge is 0.487 e. The van der Waals surface area contributed by atoms with Gasteiger partial charge in [-0.05, 0) is 42.8 Å². The van der Waals surface area contributed by atoms with E-state index in [9.17, 15) is 17.8 Å². The number of nitrogens with one attached hydrogen (secondary N) is 1. The molecule has 0 saturated carbocycles. The third-order valence-corrected chi connectivity index (χ3v) is 5.75. The van der Waals surface area contributed by atoms with Crippen LogP contribution in [-0.4, -0.2) is 27.6 Å². The molecule has 3 N–H and O–H groups in total. The summed E-state index contributed by atoms with van der Waals surface area (Å²) in [5.41, 5.74) is 3.18. The Balaban J connectivity index is 2.66. The molecule has 0 spiro atoms. The second kappa shape index (κ2) is 6.10. The molecule has 1 aromatic carbocycles. The maximum Gasteiger partial charge on any atom is 0.246 e. The zero-order chi connectivity index (χ0) is 17.6. The molecule has 0 fully saturated rings. The molecule has 1 aliphatic rings. The molecular formula is C14H17BrF2N2O3S. The summed E-state index contributed by atoms with van der Waals surface area (Å²) in [7, 11) is -1.82. The van der Waals surface area contributed by atoms with Gasteiger partial charge in [-0.2, -0.15) is 0 Å². The van der Waals surface area contributed by atoms with Gasteiger partial charge in [-0.3, -0.25) is 4.79 Å². The Kier molecular flexibility index (Phi) is 4.85. The number of hydrogen-bond acceptors (Lipinski definition) is 3. The Morgan fingerprint density at radius 3 is 2.65 bits per heavy atom. The van der Waals surface area contributed by atoms with Gasteiger partial charge in [0.05, 0.1) is 20.2 Å². The smallest absolute Gasteiger partial charge is 0.246 e. The molecule has 9 heteroatoms. The highest BCUT2D eigenvalue weighted by molar-refractivity contribution is 9.10. The van der Waals surface area contributed by atoms with Gasteiger partial charge in [0.15, 0.2) is 23.3 Å². The predicted molar refractivity (Wildman–Crippen MR) is 86.4 cm³/mol. The van der Waals surface area contributed by atoms with E-state index in [1.165, 1.54) is 12.1 Å². The Hall–Kier alpha value is -1.06. The molecule has 1 heterocycles. The van der Waals surface area contributed by atoms with Crippen molar-refractivity contribution in [1.82, 2.24) is 4.72 Å². The van der Waals surface area contributed by atoms with Crippen LogP contribution in [-0.2, 0) is 21.3 Å². The summed E-state index contributed by atoms with van der Waals surface area (Å²) in [4.78, 5) is 12.1. The first kappa shape index (κ1) is 18.3. The Bertz CT molecular complexity index is 681. The van der Waals surface area contributed by atoms with Crippen LogP contribution in [0.15, 0.2) is 16.6 Å². The summed E-state index contributed by atoms with van der Waals surface area (Å²) in [5.74, 6) is -2.15. The standard InChI is InChI=1S/C14H17BrF2N2O3S/c1-13(2,3)23(21)19-14(12(18)20)7-4-5-8(15)10(17)11(7)22-6-9(14)16/h4-5,9,19H,6H2,1-3H3,(H2,18,20)/t9-,14+,23-/m0/s1. The second-order valence-electron chi connectivity index (χ2n) is 6.17. The summed E-state index contributed by atoms with van der Waals surface area (Å²) >= 11 is 3.00. The number of rotatable bonds is 3. The SMILES string of the molecule is CC(C)(C)[S@](=O)N[C@]1(C(N)=O)c2ccc(Br)c(F)c2OC[C@@H]1F. The van der Waals surface area contributed by atoms with Crippen LogP contribution < -0.4 is 15.2 Å². The van der Waals surface area contributed by atoms with E-state index in [2.05, 4.69) is 20.7 Å². The molecule has 23 heavy (non-hydrogen) atoms. The Morgan fingerprint density at radius 2 is 2.13 bits per heavy atom. The predicted octanol–water partition coefficient (Wildman–Crippen LogP) is 2.05. The van der Waals surface area contributed by atoms with Gasteiger partial charge in [0.25, 0.3) is 0 Å². The molecule has 128 valence electrons. The first-order valence-electron chi connectivity index (χ1n) is 6.76. The molecule has 0 aromatic heterocycles. The van der Waals surface area contributed by atoms with Crippen molar-refractivity contribution in [3.05, 3.63) is 28.0 Å². The number of nitrogens with two attached hydrogens (primary N) is 1. The summed E-state index contributed by atoms with van der Waals surface area (Å²) in [6.07, 6.45) is -1.92. The van der Waals surface area contributed by atoms with Crippen LogP contribution in [0, 0.1) is 5.82 Å². The summed E-state index contributed by atoms with van der Waals surface area (Å²) in [6.45, 7) is 4.37. The molecule has 0 bridgehead atoms.